The van der Waals surface area contributed by atoms with Crippen molar-refractivity contribution in [1.82, 2.24) is 4.90 Å². The molecule has 29 heavy (non-hydrogen) atoms. The Bertz CT molecular complexity index is 695. The highest BCUT2D eigenvalue weighted by molar-refractivity contribution is 5.95. The van der Waals surface area contributed by atoms with Crippen molar-refractivity contribution >= 4 is 5.91 Å². The average molecular weight is 407 g/mol. The average Bonchev–Trinajstić information content (AvgIpc) is 2.56. The summed E-state index contributed by atoms with van der Waals surface area (Å²) in [5, 5.41) is 9.30. The van der Waals surface area contributed by atoms with E-state index in [1.54, 1.807) is 0 Å². The molecule has 7 nitrogen and oxygen atoms in total. The molecule has 1 amide bonds. The van der Waals surface area contributed by atoms with Crippen LogP contribution in [-0.2, 0) is 20.4 Å². The van der Waals surface area contributed by atoms with E-state index in [0.717, 1.165) is 5.56 Å². The van der Waals surface area contributed by atoms with Gasteiger partial charge < -0.3 is 14.5 Å². The molecular formula is C22H34N2O5. The summed E-state index contributed by atoms with van der Waals surface area (Å²) < 4.78 is 5.74. The predicted molar refractivity (Wildman–Crippen MR) is 112 cm³/mol. The molecule has 0 N–H and O–H groups in total. The van der Waals surface area contributed by atoms with Gasteiger partial charge in [0, 0.05) is 25.3 Å². The number of hydrogen-bond donors (Lipinski definition) is 0. The Balaban J connectivity index is 1.91. The molecule has 7 heteroatoms. The van der Waals surface area contributed by atoms with Gasteiger partial charge in [-0.3, -0.25) is 4.79 Å². The van der Waals surface area contributed by atoms with Crippen LogP contribution in [0, 0.1) is 10.1 Å². The molecule has 0 saturated carbocycles. The second kappa shape index (κ2) is 9.11. The van der Waals surface area contributed by atoms with Gasteiger partial charge in [-0.15, -0.1) is 10.1 Å². The number of hydrogen-bond acceptors (Lipinski definition) is 5. The van der Waals surface area contributed by atoms with E-state index in [1.165, 1.54) is 11.1 Å². The largest absolute Gasteiger partial charge is 0.375 e. The van der Waals surface area contributed by atoms with Crippen molar-refractivity contribution in [2.45, 2.75) is 71.3 Å². The monoisotopic (exact) mass is 406 g/mol. The maximum Gasteiger partial charge on any atom is 0.294 e. The maximum atomic E-state index is 13.0. The number of ether oxygens (including phenoxy) is 1. The molecule has 162 valence electrons. The minimum Gasteiger partial charge on any atom is -0.375 e. The number of amides is 1. The molecule has 1 heterocycles. The van der Waals surface area contributed by atoms with Gasteiger partial charge in [0.1, 0.15) is 0 Å². The Kier molecular flexibility index (Phi) is 7.27. The Labute approximate surface area is 173 Å². The maximum absolute atomic E-state index is 13.0. The van der Waals surface area contributed by atoms with Gasteiger partial charge in [0.15, 0.2) is 0 Å². The van der Waals surface area contributed by atoms with Crippen LogP contribution in [0.1, 0.15) is 75.9 Å². The molecule has 0 aromatic heterocycles. The molecule has 1 aromatic carbocycles. The highest BCUT2D eigenvalue weighted by Crippen LogP contribution is 2.31. The van der Waals surface area contributed by atoms with Gasteiger partial charge in [-0.25, -0.2) is 0 Å². The van der Waals surface area contributed by atoms with Gasteiger partial charge in [-0.1, -0.05) is 47.6 Å². The highest BCUT2D eigenvalue weighted by Gasteiger charge is 2.33. The molecule has 1 fully saturated rings. The summed E-state index contributed by atoms with van der Waals surface area (Å²) in [6.45, 7) is 14.7. The normalized spacial score (nSPS) is 15.2. The van der Waals surface area contributed by atoms with Crippen molar-refractivity contribution in [1.29, 1.82) is 0 Å². The molecule has 0 aliphatic carbocycles. The third-order valence-corrected chi connectivity index (χ3v) is 5.14. The van der Waals surface area contributed by atoms with Crippen LogP contribution in [0.15, 0.2) is 18.2 Å². The van der Waals surface area contributed by atoms with Crippen LogP contribution < -0.4 is 0 Å². The Hall–Kier alpha value is -2.15. The van der Waals surface area contributed by atoms with E-state index in [9.17, 15) is 14.9 Å². The number of benzene rings is 1. The van der Waals surface area contributed by atoms with Crippen LogP contribution in [0.5, 0.6) is 0 Å². The van der Waals surface area contributed by atoms with Crippen LogP contribution in [0.25, 0.3) is 0 Å². The van der Waals surface area contributed by atoms with Crippen molar-refractivity contribution in [3.05, 3.63) is 45.0 Å². The van der Waals surface area contributed by atoms with Crippen molar-refractivity contribution in [3.8, 4) is 0 Å². The molecule has 0 radical (unpaired) electrons. The minimum atomic E-state index is -0.782. The summed E-state index contributed by atoms with van der Waals surface area (Å²) in [5.74, 6) is 0.0424. The number of nitrogens with zero attached hydrogens (tertiary/aromatic N) is 2. The third-order valence-electron chi connectivity index (χ3n) is 5.14. The first-order valence-electron chi connectivity index (χ1n) is 10.2. The summed E-state index contributed by atoms with van der Waals surface area (Å²) in [6.07, 6.45) is 1.30. The predicted octanol–water partition coefficient (Wildman–Crippen LogP) is 4.11. The van der Waals surface area contributed by atoms with E-state index < -0.39 is 5.09 Å². The third kappa shape index (κ3) is 6.70. The van der Waals surface area contributed by atoms with Crippen LogP contribution in [-0.4, -0.2) is 48.3 Å². The fourth-order valence-electron chi connectivity index (χ4n) is 3.10. The van der Waals surface area contributed by atoms with Gasteiger partial charge in [0.25, 0.3) is 11.0 Å². The number of rotatable bonds is 8. The minimum absolute atomic E-state index is 0.0308. The number of carbonyl (C=O) groups excluding carboxylic acids is 1. The summed E-state index contributed by atoms with van der Waals surface area (Å²) >= 11 is 0. The zero-order chi connectivity index (χ0) is 21.8. The van der Waals surface area contributed by atoms with Crippen LogP contribution >= 0.6 is 0 Å². The molecule has 1 aliphatic heterocycles. The first kappa shape index (κ1) is 23.1. The lowest BCUT2D eigenvalue weighted by Gasteiger charge is -2.39. The fraction of sp³-hybridized carbons (Fsp3) is 0.682. The van der Waals surface area contributed by atoms with Crippen LogP contribution in [0.4, 0.5) is 0 Å². The van der Waals surface area contributed by atoms with Crippen molar-refractivity contribution < 1.29 is 19.5 Å². The van der Waals surface area contributed by atoms with Crippen molar-refractivity contribution in [2.24, 2.45) is 0 Å². The zero-order valence-electron chi connectivity index (χ0n) is 18.5. The van der Waals surface area contributed by atoms with Crippen LogP contribution in [0.2, 0.25) is 0 Å². The molecule has 0 bridgehead atoms. The smallest absolute Gasteiger partial charge is 0.294 e. The summed E-state index contributed by atoms with van der Waals surface area (Å²) in [6, 6.07) is 6.24. The Morgan fingerprint density at radius 2 is 1.55 bits per heavy atom. The summed E-state index contributed by atoms with van der Waals surface area (Å²) in [5.41, 5.74) is 3.00. The molecule has 0 unspecified atom stereocenters. The highest BCUT2D eigenvalue weighted by atomic mass is 16.9. The molecule has 1 saturated heterocycles. The van der Waals surface area contributed by atoms with Gasteiger partial charge >= 0.3 is 0 Å². The van der Waals surface area contributed by atoms with E-state index in [2.05, 4.69) is 52.4 Å². The molecule has 0 spiro atoms. The topological polar surface area (TPSA) is 81.9 Å². The molecule has 1 aromatic rings. The second-order valence-electron chi connectivity index (χ2n) is 9.77. The molecular weight excluding hydrogens is 372 g/mol. The summed E-state index contributed by atoms with van der Waals surface area (Å²) in [7, 11) is 0. The number of likely N-dealkylation sites (tertiary alicyclic amines) is 1. The molecule has 0 atom stereocenters. The van der Waals surface area contributed by atoms with Gasteiger partial charge in [0.05, 0.1) is 12.7 Å². The summed E-state index contributed by atoms with van der Waals surface area (Å²) in [4.78, 5) is 29.2. The molecule has 1 aliphatic rings. The van der Waals surface area contributed by atoms with Crippen molar-refractivity contribution in [3.63, 3.8) is 0 Å². The van der Waals surface area contributed by atoms with Gasteiger partial charge in [0.2, 0.25) is 0 Å². The lowest BCUT2D eigenvalue weighted by molar-refractivity contribution is -0.757. The van der Waals surface area contributed by atoms with E-state index in [1.807, 2.05) is 17.0 Å². The lowest BCUT2D eigenvalue weighted by Crippen LogP contribution is -2.54. The van der Waals surface area contributed by atoms with E-state index >= 15 is 0 Å². The first-order valence-corrected chi connectivity index (χ1v) is 10.2. The van der Waals surface area contributed by atoms with E-state index in [4.69, 9.17) is 4.74 Å². The molecule has 2 rings (SSSR count). The van der Waals surface area contributed by atoms with Crippen molar-refractivity contribution in [2.75, 3.05) is 26.3 Å². The van der Waals surface area contributed by atoms with E-state index in [0.29, 0.717) is 32.5 Å². The Morgan fingerprint density at radius 1 is 1.03 bits per heavy atom. The Morgan fingerprint density at radius 3 is 2.03 bits per heavy atom. The van der Waals surface area contributed by atoms with Gasteiger partial charge in [-0.05, 0) is 46.9 Å². The fourth-order valence-corrected chi connectivity index (χ4v) is 3.10. The number of carbonyl (C=O) groups is 1. The van der Waals surface area contributed by atoms with Crippen LogP contribution in [0.3, 0.4) is 0 Å². The standard InChI is InChI=1S/C22H34N2O5/c1-21(2,3)17-11-16(12-18(13-17)22(4,5)6)20(25)23-14-19(15-23)28-9-7-8-10-29-24(26)27/h11-13,19H,7-10,14-15H2,1-6H3. The quantitative estimate of drug-likeness (QED) is 0.369. The SMILES string of the molecule is CC(C)(C)c1cc(C(=O)N2CC(OCCCCO[N+](=O)[O-])C2)cc(C(C)(C)C)c1. The second-order valence-corrected chi connectivity index (χ2v) is 9.77. The first-order chi connectivity index (χ1) is 13.4. The van der Waals surface area contributed by atoms with Gasteiger partial charge in [-0.2, -0.15) is 0 Å². The van der Waals surface area contributed by atoms with E-state index in [-0.39, 0.29) is 29.4 Å². The zero-order valence-corrected chi connectivity index (χ0v) is 18.5. The lowest BCUT2D eigenvalue weighted by atomic mass is 9.79. The number of unbranched alkanes of at least 4 members (excludes halogenated alkanes) is 1.